The first-order valence-corrected chi connectivity index (χ1v) is 9.81. The van der Waals surface area contributed by atoms with E-state index in [9.17, 15) is 0 Å². The number of pyridine rings is 1. The van der Waals surface area contributed by atoms with E-state index in [1.807, 2.05) is 55.6 Å². The second-order valence-electron chi connectivity index (χ2n) is 6.30. The zero-order valence-corrected chi connectivity index (χ0v) is 16.4. The number of unbranched alkanes of at least 4 members (excludes halogenated alkanes) is 5. The van der Waals surface area contributed by atoms with Crippen LogP contribution < -0.4 is 9.75 Å². The van der Waals surface area contributed by atoms with Crippen LogP contribution in [0.5, 0.6) is 5.75 Å². The standard InChI is InChI=1S/C22H30N4O/c1-3-5-6-7-8-10-18-25-26(22(23)21-12-9-11-17-24-21)19-13-15-20(16-14-19)27-4-2/h9,11-18,23H,3-8,10H2,1-2H3. The Kier molecular flexibility index (Phi) is 9.04. The molecule has 0 aliphatic rings. The second kappa shape index (κ2) is 11.8. The van der Waals surface area contributed by atoms with Gasteiger partial charge in [0.1, 0.15) is 11.4 Å². The van der Waals surface area contributed by atoms with E-state index in [2.05, 4.69) is 17.0 Å². The van der Waals surface area contributed by atoms with Gasteiger partial charge in [0.15, 0.2) is 5.84 Å². The van der Waals surface area contributed by atoms with Crippen molar-refractivity contribution in [3.8, 4) is 5.75 Å². The quantitative estimate of drug-likeness (QED) is 0.242. The number of anilines is 1. The number of hydrogen-bond donors (Lipinski definition) is 1. The van der Waals surface area contributed by atoms with Gasteiger partial charge in [0.05, 0.1) is 12.3 Å². The first-order chi connectivity index (χ1) is 13.3. The summed E-state index contributed by atoms with van der Waals surface area (Å²) in [5.41, 5.74) is 1.41. The molecule has 1 N–H and O–H groups in total. The Hall–Kier alpha value is -2.69. The van der Waals surface area contributed by atoms with E-state index in [1.54, 1.807) is 11.2 Å². The fraction of sp³-hybridized carbons (Fsp3) is 0.409. The predicted molar refractivity (Wildman–Crippen MR) is 113 cm³/mol. The van der Waals surface area contributed by atoms with Crippen LogP contribution in [0.4, 0.5) is 5.69 Å². The second-order valence-corrected chi connectivity index (χ2v) is 6.30. The molecule has 1 aromatic carbocycles. The molecule has 0 bridgehead atoms. The van der Waals surface area contributed by atoms with Crippen LogP contribution in [0, 0.1) is 5.41 Å². The van der Waals surface area contributed by atoms with E-state index >= 15 is 0 Å². The lowest BCUT2D eigenvalue weighted by Crippen LogP contribution is -2.26. The van der Waals surface area contributed by atoms with Crippen molar-refractivity contribution in [3.63, 3.8) is 0 Å². The maximum atomic E-state index is 8.55. The first kappa shape index (κ1) is 20.6. The Balaban J connectivity index is 2.09. The molecular weight excluding hydrogens is 336 g/mol. The number of nitrogens with one attached hydrogen (secondary N) is 1. The minimum Gasteiger partial charge on any atom is -0.494 e. The van der Waals surface area contributed by atoms with Crippen LogP contribution in [0.25, 0.3) is 0 Å². The lowest BCUT2D eigenvalue weighted by molar-refractivity contribution is 0.340. The number of ether oxygens (including phenoxy) is 1. The van der Waals surface area contributed by atoms with E-state index < -0.39 is 0 Å². The van der Waals surface area contributed by atoms with Gasteiger partial charge in [-0.05, 0) is 56.2 Å². The molecule has 0 fully saturated rings. The molecule has 0 radical (unpaired) electrons. The molecule has 0 aliphatic heterocycles. The third-order valence-corrected chi connectivity index (χ3v) is 4.15. The topological polar surface area (TPSA) is 61.6 Å². The highest BCUT2D eigenvalue weighted by Crippen LogP contribution is 2.21. The average Bonchev–Trinajstić information content (AvgIpc) is 2.71. The van der Waals surface area contributed by atoms with Crippen molar-refractivity contribution in [2.24, 2.45) is 5.10 Å². The number of nitrogens with zero attached hydrogens (tertiary/aromatic N) is 3. The van der Waals surface area contributed by atoms with E-state index in [0.29, 0.717) is 12.3 Å². The lowest BCUT2D eigenvalue weighted by atomic mass is 10.1. The normalized spacial score (nSPS) is 10.9. The number of hydrogen-bond acceptors (Lipinski definition) is 4. The molecule has 0 unspecified atom stereocenters. The Morgan fingerprint density at radius 1 is 1.07 bits per heavy atom. The van der Waals surface area contributed by atoms with Gasteiger partial charge in [0.25, 0.3) is 0 Å². The molecule has 0 saturated carbocycles. The largest absolute Gasteiger partial charge is 0.494 e. The van der Waals surface area contributed by atoms with Crippen molar-refractivity contribution < 1.29 is 4.74 Å². The lowest BCUT2D eigenvalue weighted by Gasteiger charge is -2.19. The summed E-state index contributed by atoms with van der Waals surface area (Å²) in [6, 6.07) is 13.2. The van der Waals surface area contributed by atoms with E-state index in [1.165, 1.54) is 25.7 Å². The molecule has 0 amide bonds. The molecule has 0 saturated heterocycles. The van der Waals surface area contributed by atoms with Gasteiger partial charge >= 0.3 is 0 Å². The summed E-state index contributed by atoms with van der Waals surface area (Å²) in [6.07, 6.45) is 10.7. The van der Waals surface area contributed by atoms with Crippen molar-refractivity contribution in [1.29, 1.82) is 5.41 Å². The van der Waals surface area contributed by atoms with Crippen LogP contribution in [0.2, 0.25) is 0 Å². The van der Waals surface area contributed by atoms with Crippen molar-refractivity contribution in [3.05, 3.63) is 54.4 Å². The van der Waals surface area contributed by atoms with Gasteiger partial charge in [-0.2, -0.15) is 5.10 Å². The molecule has 2 aromatic rings. The van der Waals surface area contributed by atoms with Gasteiger partial charge in [-0.15, -0.1) is 0 Å². The van der Waals surface area contributed by atoms with Crippen LogP contribution >= 0.6 is 0 Å². The Morgan fingerprint density at radius 2 is 1.85 bits per heavy atom. The zero-order valence-electron chi connectivity index (χ0n) is 16.4. The number of hydrazone groups is 1. The molecular formula is C22H30N4O. The molecule has 0 aliphatic carbocycles. The van der Waals surface area contributed by atoms with Crippen molar-refractivity contribution in [2.45, 2.75) is 52.4 Å². The number of aromatic nitrogens is 1. The summed E-state index contributed by atoms with van der Waals surface area (Å²) >= 11 is 0. The van der Waals surface area contributed by atoms with Crippen LogP contribution in [-0.4, -0.2) is 23.6 Å². The molecule has 0 atom stereocenters. The van der Waals surface area contributed by atoms with E-state index in [4.69, 9.17) is 10.1 Å². The van der Waals surface area contributed by atoms with E-state index in [0.717, 1.165) is 24.3 Å². The fourth-order valence-corrected chi connectivity index (χ4v) is 2.69. The monoisotopic (exact) mass is 366 g/mol. The predicted octanol–water partition coefficient (Wildman–Crippen LogP) is 5.66. The summed E-state index contributed by atoms with van der Waals surface area (Å²) in [5, 5.41) is 14.7. The first-order valence-electron chi connectivity index (χ1n) is 9.81. The summed E-state index contributed by atoms with van der Waals surface area (Å²) in [6.45, 7) is 4.81. The summed E-state index contributed by atoms with van der Waals surface area (Å²) in [5.74, 6) is 1.06. The van der Waals surface area contributed by atoms with Gasteiger partial charge in [-0.3, -0.25) is 10.4 Å². The molecule has 27 heavy (non-hydrogen) atoms. The van der Waals surface area contributed by atoms with Crippen molar-refractivity contribution in [1.82, 2.24) is 4.98 Å². The molecule has 1 heterocycles. The molecule has 0 spiro atoms. The third-order valence-electron chi connectivity index (χ3n) is 4.15. The Labute approximate surface area is 162 Å². The SMILES string of the molecule is CCCCCCCC=NN(C(=N)c1ccccn1)c1ccc(OCC)cc1. The number of rotatable bonds is 11. The molecule has 5 nitrogen and oxygen atoms in total. The highest BCUT2D eigenvalue weighted by molar-refractivity contribution is 6.06. The summed E-state index contributed by atoms with van der Waals surface area (Å²) in [4.78, 5) is 4.29. The number of amidine groups is 1. The van der Waals surface area contributed by atoms with Gasteiger partial charge in [-0.1, -0.05) is 38.7 Å². The minimum absolute atomic E-state index is 0.252. The molecule has 5 heteroatoms. The van der Waals surface area contributed by atoms with Gasteiger partial charge in [0.2, 0.25) is 0 Å². The molecule has 1 aromatic heterocycles. The minimum atomic E-state index is 0.252. The molecule has 144 valence electrons. The van der Waals surface area contributed by atoms with Crippen LogP contribution in [0.15, 0.2) is 53.8 Å². The average molecular weight is 367 g/mol. The molecule has 2 rings (SSSR count). The van der Waals surface area contributed by atoms with Crippen molar-refractivity contribution >= 4 is 17.7 Å². The highest BCUT2D eigenvalue weighted by Gasteiger charge is 2.14. The summed E-state index contributed by atoms with van der Waals surface area (Å²) < 4.78 is 5.51. The van der Waals surface area contributed by atoms with Gasteiger partial charge < -0.3 is 4.74 Å². The zero-order chi connectivity index (χ0) is 19.3. The van der Waals surface area contributed by atoms with Gasteiger partial charge in [0, 0.05) is 12.4 Å². The Bertz CT molecular complexity index is 698. The highest BCUT2D eigenvalue weighted by atomic mass is 16.5. The number of benzene rings is 1. The van der Waals surface area contributed by atoms with Crippen LogP contribution in [-0.2, 0) is 0 Å². The van der Waals surface area contributed by atoms with Crippen LogP contribution in [0.3, 0.4) is 0 Å². The van der Waals surface area contributed by atoms with Crippen molar-refractivity contribution in [2.75, 3.05) is 11.6 Å². The third kappa shape index (κ3) is 6.85. The Morgan fingerprint density at radius 3 is 2.52 bits per heavy atom. The fourth-order valence-electron chi connectivity index (χ4n) is 2.69. The maximum Gasteiger partial charge on any atom is 0.172 e. The van der Waals surface area contributed by atoms with Crippen LogP contribution in [0.1, 0.15) is 58.1 Å². The van der Waals surface area contributed by atoms with Gasteiger partial charge in [-0.25, -0.2) is 5.01 Å². The smallest absolute Gasteiger partial charge is 0.172 e. The maximum absolute atomic E-state index is 8.55. The summed E-state index contributed by atoms with van der Waals surface area (Å²) in [7, 11) is 0. The van der Waals surface area contributed by atoms with E-state index in [-0.39, 0.29) is 5.84 Å².